The molecular formula is C11H12ClFO3. The number of carboxylic acid groups (broad SMARTS) is 1. The number of halogens is 2. The molecule has 0 aromatic heterocycles. The third-order valence-electron chi connectivity index (χ3n) is 2.34. The molecule has 1 rings (SSSR count). The summed E-state index contributed by atoms with van der Waals surface area (Å²) >= 11 is 5.78. The van der Waals surface area contributed by atoms with Gasteiger partial charge in [0.15, 0.2) is 0 Å². The van der Waals surface area contributed by atoms with Crippen LogP contribution < -0.4 is 0 Å². The van der Waals surface area contributed by atoms with Gasteiger partial charge in [0.2, 0.25) is 0 Å². The van der Waals surface area contributed by atoms with Gasteiger partial charge in [-0.2, -0.15) is 0 Å². The van der Waals surface area contributed by atoms with E-state index in [1.807, 2.05) is 0 Å². The average molecular weight is 247 g/mol. The molecule has 88 valence electrons. The van der Waals surface area contributed by atoms with Crippen molar-refractivity contribution in [2.75, 3.05) is 0 Å². The van der Waals surface area contributed by atoms with Crippen LogP contribution in [0.1, 0.15) is 25.3 Å². The van der Waals surface area contributed by atoms with Crippen LogP contribution >= 0.6 is 11.6 Å². The number of hydrogen-bond acceptors (Lipinski definition) is 2. The highest BCUT2D eigenvalue weighted by molar-refractivity contribution is 6.31. The Kier molecular flexibility index (Phi) is 3.88. The van der Waals surface area contributed by atoms with E-state index in [0.29, 0.717) is 5.56 Å². The van der Waals surface area contributed by atoms with E-state index < -0.39 is 17.4 Å². The molecule has 0 saturated carbocycles. The average Bonchev–Trinajstić information content (AvgIpc) is 2.14. The minimum absolute atomic E-state index is 0.0215. The molecule has 16 heavy (non-hydrogen) atoms. The van der Waals surface area contributed by atoms with Crippen molar-refractivity contribution >= 4 is 17.6 Å². The molecule has 3 nitrogen and oxygen atoms in total. The molecule has 0 aliphatic heterocycles. The molecule has 1 unspecified atom stereocenters. The van der Waals surface area contributed by atoms with Crippen molar-refractivity contribution < 1.29 is 19.4 Å². The second-order valence-electron chi connectivity index (χ2n) is 3.79. The molecule has 5 heteroatoms. The second kappa shape index (κ2) is 4.80. The summed E-state index contributed by atoms with van der Waals surface area (Å²) < 4.78 is 12.8. The summed E-state index contributed by atoms with van der Waals surface area (Å²) in [4.78, 5) is 10.4. The van der Waals surface area contributed by atoms with Gasteiger partial charge >= 0.3 is 5.97 Å². The fourth-order valence-corrected chi connectivity index (χ4v) is 1.78. The monoisotopic (exact) mass is 246 g/mol. The lowest BCUT2D eigenvalue weighted by Gasteiger charge is -2.24. The Labute approximate surface area is 97.5 Å². The van der Waals surface area contributed by atoms with Crippen LogP contribution in [0, 0.1) is 5.82 Å². The van der Waals surface area contributed by atoms with E-state index in [2.05, 4.69) is 0 Å². The summed E-state index contributed by atoms with van der Waals surface area (Å²) in [7, 11) is 0. The third-order valence-corrected chi connectivity index (χ3v) is 2.65. The first-order valence-electron chi connectivity index (χ1n) is 4.72. The highest BCUT2D eigenvalue weighted by atomic mass is 35.5. The first kappa shape index (κ1) is 12.9. The van der Waals surface area contributed by atoms with Gasteiger partial charge in [0.1, 0.15) is 5.82 Å². The molecule has 1 aromatic carbocycles. The quantitative estimate of drug-likeness (QED) is 0.858. The Bertz CT molecular complexity index is 404. The Balaban J connectivity index is 2.92. The smallest absolute Gasteiger partial charge is 0.303 e. The maximum atomic E-state index is 12.8. The molecule has 0 amide bonds. The largest absolute Gasteiger partial charge is 0.481 e. The van der Waals surface area contributed by atoms with Crippen LogP contribution in [0.5, 0.6) is 0 Å². The molecule has 0 fully saturated rings. The first-order chi connectivity index (χ1) is 7.33. The van der Waals surface area contributed by atoms with E-state index in [-0.39, 0.29) is 17.9 Å². The highest BCUT2D eigenvalue weighted by Crippen LogP contribution is 2.32. The number of carbonyl (C=O) groups is 1. The molecule has 0 heterocycles. The SMILES string of the molecule is CC(O)(CCC(=O)O)c1ccc(F)cc1Cl. The molecule has 0 bridgehead atoms. The van der Waals surface area contributed by atoms with Gasteiger partial charge in [-0.15, -0.1) is 0 Å². The summed E-state index contributed by atoms with van der Waals surface area (Å²) in [6, 6.07) is 3.63. The summed E-state index contributed by atoms with van der Waals surface area (Å²) in [5.74, 6) is -1.50. The summed E-state index contributed by atoms with van der Waals surface area (Å²) in [5.41, 5.74) is -1.04. The van der Waals surface area contributed by atoms with Gasteiger partial charge in [-0.05, 0) is 25.5 Å². The van der Waals surface area contributed by atoms with E-state index in [4.69, 9.17) is 16.7 Å². The number of hydrogen-bond donors (Lipinski definition) is 2. The standard InChI is InChI=1S/C11H12ClFO3/c1-11(16,5-4-10(14)15)8-3-2-7(13)6-9(8)12/h2-3,6,16H,4-5H2,1H3,(H,14,15). The molecule has 0 aliphatic rings. The van der Waals surface area contributed by atoms with Crippen LogP contribution in [-0.4, -0.2) is 16.2 Å². The number of benzene rings is 1. The Morgan fingerprint density at radius 2 is 2.19 bits per heavy atom. The van der Waals surface area contributed by atoms with E-state index >= 15 is 0 Å². The highest BCUT2D eigenvalue weighted by Gasteiger charge is 2.26. The topological polar surface area (TPSA) is 57.5 Å². The zero-order valence-corrected chi connectivity index (χ0v) is 9.46. The van der Waals surface area contributed by atoms with E-state index in [9.17, 15) is 14.3 Å². The van der Waals surface area contributed by atoms with Crippen LogP contribution in [0.3, 0.4) is 0 Å². The lowest BCUT2D eigenvalue weighted by atomic mass is 9.91. The first-order valence-corrected chi connectivity index (χ1v) is 5.10. The molecule has 1 aromatic rings. The van der Waals surface area contributed by atoms with Crippen molar-refractivity contribution in [3.8, 4) is 0 Å². The van der Waals surface area contributed by atoms with Crippen molar-refractivity contribution in [1.29, 1.82) is 0 Å². The third kappa shape index (κ3) is 3.18. The predicted molar refractivity (Wildman–Crippen MR) is 57.9 cm³/mol. The lowest BCUT2D eigenvalue weighted by molar-refractivity contribution is -0.138. The van der Waals surface area contributed by atoms with Crippen LogP contribution in [0.15, 0.2) is 18.2 Å². The molecule has 0 radical (unpaired) electrons. The summed E-state index contributed by atoms with van der Waals surface area (Å²) in [5, 5.41) is 18.7. The maximum absolute atomic E-state index is 12.8. The van der Waals surface area contributed by atoms with Crippen molar-refractivity contribution in [2.45, 2.75) is 25.4 Å². The van der Waals surface area contributed by atoms with Gasteiger partial charge < -0.3 is 10.2 Å². The number of aliphatic hydroxyl groups is 1. The molecule has 0 aliphatic carbocycles. The molecule has 2 N–H and O–H groups in total. The Morgan fingerprint density at radius 3 is 2.69 bits per heavy atom. The number of aliphatic carboxylic acids is 1. The van der Waals surface area contributed by atoms with Crippen LogP contribution in [0.4, 0.5) is 4.39 Å². The van der Waals surface area contributed by atoms with Gasteiger partial charge in [-0.25, -0.2) is 4.39 Å². The van der Waals surface area contributed by atoms with Crippen LogP contribution in [0.25, 0.3) is 0 Å². The minimum Gasteiger partial charge on any atom is -0.481 e. The van der Waals surface area contributed by atoms with Gasteiger partial charge in [0.05, 0.1) is 5.60 Å². The molecular weight excluding hydrogens is 235 g/mol. The second-order valence-corrected chi connectivity index (χ2v) is 4.20. The van der Waals surface area contributed by atoms with Crippen molar-refractivity contribution in [2.24, 2.45) is 0 Å². The summed E-state index contributed by atoms with van der Waals surface area (Å²) in [6.45, 7) is 1.45. The minimum atomic E-state index is -1.37. The number of carboxylic acids is 1. The van der Waals surface area contributed by atoms with E-state index in [1.165, 1.54) is 19.1 Å². The molecule has 0 saturated heterocycles. The zero-order valence-electron chi connectivity index (χ0n) is 8.70. The van der Waals surface area contributed by atoms with Crippen LogP contribution in [-0.2, 0) is 10.4 Å². The van der Waals surface area contributed by atoms with Gasteiger partial charge in [-0.3, -0.25) is 4.79 Å². The zero-order chi connectivity index (χ0) is 12.3. The Hall–Kier alpha value is -1.13. The van der Waals surface area contributed by atoms with Crippen molar-refractivity contribution in [3.63, 3.8) is 0 Å². The van der Waals surface area contributed by atoms with Crippen molar-refractivity contribution in [3.05, 3.63) is 34.6 Å². The Morgan fingerprint density at radius 1 is 1.56 bits per heavy atom. The lowest BCUT2D eigenvalue weighted by Crippen LogP contribution is -2.23. The summed E-state index contributed by atoms with van der Waals surface area (Å²) in [6.07, 6.45) is -0.158. The van der Waals surface area contributed by atoms with E-state index in [1.54, 1.807) is 0 Å². The van der Waals surface area contributed by atoms with E-state index in [0.717, 1.165) is 6.07 Å². The van der Waals surface area contributed by atoms with Gasteiger partial charge in [0.25, 0.3) is 0 Å². The van der Waals surface area contributed by atoms with Crippen molar-refractivity contribution in [1.82, 2.24) is 0 Å². The fraction of sp³-hybridized carbons (Fsp3) is 0.364. The van der Waals surface area contributed by atoms with Gasteiger partial charge in [0, 0.05) is 17.0 Å². The van der Waals surface area contributed by atoms with Crippen LogP contribution in [0.2, 0.25) is 5.02 Å². The molecule has 1 atom stereocenters. The normalized spacial score (nSPS) is 14.5. The maximum Gasteiger partial charge on any atom is 0.303 e. The number of rotatable bonds is 4. The molecule has 0 spiro atoms. The fourth-order valence-electron chi connectivity index (χ4n) is 1.41. The van der Waals surface area contributed by atoms with Gasteiger partial charge in [-0.1, -0.05) is 17.7 Å². The predicted octanol–water partition coefficient (Wildman–Crippen LogP) is 2.55.